The minimum Gasteiger partial charge on any atom is -0.363 e. The van der Waals surface area contributed by atoms with Crippen molar-refractivity contribution in [3.63, 3.8) is 0 Å². The Kier molecular flexibility index (Phi) is 4.62. The fourth-order valence-corrected chi connectivity index (χ4v) is 4.19. The summed E-state index contributed by atoms with van der Waals surface area (Å²) in [5, 5.41) is -0.351. The molecule has 3 rings (SSSR count). The molecule has 3 heteroatoms. The minimum absolute atomic E-state index is 0.284. The van der Waals surface area contributed by atoms with Crippen LogP contribution < -0.4 is 0 Å². The molecule has 0 unspecified atom stereocenters. The summed E-state index contributed by atoms with van der Waals surface area (Å²) in [5.41, 5.74) is 12.6. The monoisotopic (exact) mass is 312 g/mol. The molecule has 0 saturated carbocycles. The zero-order chi connectivity index (χ0) is 16.0. The number of hydrogen-bond acceptors (Lipinski definition) is 0. The van der Waals surface area contributed by atoms with Crippen molar-refractivity contribution in [2.24, 2.45) is 0 Å². The van der Waals surface area contributed by atoms with Crippen LogP contribution in [0.1, 0.15) is 16.7 Å². The van der Waals surface area contributed by atoms with Gasteiger partial charge in [0.15, 0.2) is 0 Å². The Balaban J connectivity index is 2.32. The summed E-state index contributed by atoms with van der Waals surface area (Å²) in [5.74, 6) is 1.60. The van der Waals surface area contributed by atoms with Gasteiger partial charge in [0.1, 0.15) is 0 Å². The lowest BCUT2D eigenvalue weighted by molar-refractivity contribution is 0.00725. The molecule has 0 aliphatic carbocycles. The normalized spacial score (nSPS) is 10.8. The molecule has 0 N–H and O–H groups in total. The van der Waals surface area contributed by atoms with Crippen molar-refractivity contribution in [3.8, 4) is 0 Å². The molecule has 110 valence electrons. The Morgan fingerprint density at radius 1 is 0.652 bits per heavy atom. The van der Waals surface area contributed by atoms with Crippen molar-refractivity contribution in [1.29, 1.82) is 0 Å². The van der Waals surface area contributed by atoms with E-state index in [1.54, 1.807) is 5.84 Å². The van der Waals surface area contributed by atoms with Gasteiger partial charge in [-0.3, -0.25) is 0 Å². The zero-order valence-corrected chi connectivity index (χ0v) is 13.6. The lowest BCUT2D eigenvalue weighted by atomic mass is 9.84. The average Bonchev–Trinajstić information content (AvgIpc) is 2.65. The predicted octanol–water partition coefficient (Wildman–Crippen LogP) is 3.94. The fourth-order valence-electron chi connectivity index (χ4n) is 2.94. The molecule has 0 bridgehead atoms. The summed E-state index contributed by atoms with van der Waals surface area (Å²) in [6, 6.07) is 31.2. The van der Waals surface area contributed by atoms with Gasteiger partial charge in [-0.15, -0.1) is 0 Å². The van der Waals surface area contributed by atoms with E-state index in [1.165, 1.54) is 16.7 Å². The van der Waals surface area contributed by atoms with Crippen LogP contribution >= 0.6 is 0 Å². The quantitative estimate of drug-likeness (QED) is 0.225. The average molecular weight is 312 g/mol. The Morgan fingerprint density at radius 2 is 1.00 bits per heavy atom. The predicted molar refractivity (Wildman–Crippen MR) is 94.6 cm³/mol. The molecule has 3 aromatic carbocycles. The van der Waals surface area contributed by atoms with Crippen LogP contribution in [0.2, 0.25) is 0 Å². The Morgan fingerprint density at radius 3 is 1.30 bits per heavy atom. The van der Waals surface area contributed by atoms with Crippen LogP contribution in [0, 0.1) is 0 Å². The van der Waals surface area contributed by atoms with Crippen molar-refractivity contribution in [1.82, 2.24) is 0 Å². The summed E-state index contributed by atoms with van der Waals surface area (Å²) in [6.07, 6.45) is 0. The van der Waals surface area contributed by atoms with Crippen molar-refractivity contribution >= 4 is 15.4 Å². The van der Waals surface area contributed by atoms with Crippen LogP contribution in [0.3, 0.4) is 0 Å². The lowest BCUT2D eigenvalue weighted by Gasteiger charge is -2.33. The highest BCUT2D eigenvalue weighted by molar-refractivity contribution is 6.70. The van der Waals surface area contributed by atoms with Gasteiger partial charge in [-0.1, -0.05) is 91.0 Å². The minimum atomic E-state index is -0.351. The molecule has 0 aliphatic heterocycles. The Hall–Kier alpha value is -2.74. The molecule has 0 atom stereocenters. The molecule has 0 saturated heterocycles. The van der Waals surface area contributed by atoms with E-state index >= 15 is 0 Å². The first-order valence-electron chi connectivity index (χ1n) is 7.48. The van der Waals surface area contributed by atoms with Gasteiger partial charge < -0.3 is 5.53 Å². The second-order valence-electron chi connectivity index (χ2n) is 5.24. The van der Waals surface area contributed by atoms with E-state index in [2.05, 4.69) is 77.6 Å². The van der Waals surface area contributed by atoms with E-state index in [0.717, 1.165) is 0 Å². The third-order valence-corrected chi connectivity index (χ3v) is 5.50. The number of hydrogen-bond donors (Lipinski definition) is 0. The van der Waals surface area contributed by atoms with Gasteiger partial charge in [0.05, 0.1) is 0 Å². The molecule has 2 nitrogen and oxygen atoms in total. The van der Waals surface area contributed by atoms with E-state index in [-0.39, 0.29) is 14.6 Å². The van der Waals surface area contributed by atoms with E-state index in [9.17, 15) is 0 Å². The molecule has 0 aliphatic rings. The smallest absolute Gasteiger partial charge is 0.224 e. The zero-order valence-electron chi connectivity index (χ0n) is 12.6. The largest absolute Gasteiger partial charge is 0.363 e. The van der Waals surface area contributed by atoms with Crippen molar-refractivity contribution < 1.29 is 4.79 Å². The maximum Gasteiger partial charge on any atom is 0.224 e. The standard InChI is InChI=1S/C20H16N2Si/c21-22-16-23-20(17-10-4-1-5-11-17,18-12-6-2-7-13-18)19-14-8-3-9-15-19/h1-16H. The van der Waals surface area contributed by atoms with E-state index < -0.39 is 0 Å². The van der Waals surface area contributed by atoms with Gasteiger partial charge in [-0.2, -0.15) is 4.79 Å². The second-order valence-corrected chi connectivity index (χ2v) is 6.53. The number of nitrogens with zero attached hydrogens (tertiary/aromatic N) is 2. The summed E-state index contributed by atoms with van der Waals surface area (Å²) in [6.45, 7) is 0. The van der Waals surface area contributed by atoms with Gasteiger partial charge in [0.25, 0.3) is 0 Å². The highest BCUT2D eigenvalue weighted by Crippen LogP contribution is 2.37. The van der Waals surface area contributed by atoms with Gasteiger partial charge in [0, 0.05) is 5.04 Å². The van der Waals surface area contributed by atoms with Crippen LogP contribution in [0.25, 0.3) is 5.53 Å². The molecule has 0 aromatic heterocycles. The molecule has 0 heterocycles. The lowest BCUT2D eigenvalue weighted by Crippen LogP contribution is -2.37. The molecular formula is C20H16N2Si. The molecule has 0 amide bonds. The second kappa shape index (κ2) is 7.01. The topological polar surface area (TPSA) is 36.4 Å². The van der Waals surface area contributed by atoms with E-state index in [1.807, 2.05) is 18.2 Å². The number of benzene rings is 3. The van der Waals surface area contributed by atoms with Crippen LogP contribution in [-0.4, -0.2) is 20.1 Å². The first kappa shape index (κ1) is 15.2. The van der Waals surface area contributed by atoms with E-state index in [4.69, 9.17) is 5.53 Å². The molecular weight excluding hydrogens is 296 g/mol. The molecule has 2 radical (unpaired) electrons. The first-order valence-corrected chi connectivity index (χ1v) is 8.56. The van der Waals surface area contributed by atoms with Crippen LogP contribution in [0.15, 0.2) is 91.0 Å². The summed E-state index contributed by atoms with van der Waals surface area (Å²) in [4.78, 5) is 3.28. The van der Waals surface area contributed by atoms with Crippen molar-refractivity contribution in [2.75, 3.05) is 0 Å². The Bertz CT molecular complexity index is 698. The van der Waals surface area contributed by atoms with Crippen molar-refractivity contribution in [3.05, 3.63) is 113 Å². The molecule has 0 fully saturated rings. The fraction of sp³-hybridized carbons (Fsp3) is 0.0500. The number of rotatable bonds is 5. The third-order valence-electron chi connectivity index (χ3n) is 3.96. The Labute approximate surface area is 138 Å². The van der Waals surface area contributed by atoms with Crippen LogP contribution in [-0.2, 0) is 5.04 Å². The highest BCUT2D eigenvalue weighted by Gasteiger charge is 2.37. The van der Waals surface area contributed by atoms with Crippen LogP contribution in [0.5, 0.6) is 0 Å². The summed E-state index contributed by atoms with van der Waals surface area (Å²) >= 11 is 0. The van der Waals surface area contributed by atoms with Crippen LogP contribution in [0.4, 0.5) is 0 Å². The van der Waals surface area contributed by atoms with Gasteiger partial charge in [-0.25, -0.2) is 0 Å². The van der Waals surface area contributed by atoms with E-state index in [0.29, 0.717) is 0 Å². The first-order chi connectivity index (χ1) is 11.4. The van der Waals surface area contributed by atoms with Gasteiger partial charge in [0.2, 0.25) is 15.4 Å². The SMILES string of the molecule is [N-]=[N+]=C[Si]C(c1ccccc1)(c1ccccc1)c1ccccc1. The molecule has 3 aromatic rings. The summed E-state index contributed by atoms with van der Waals surface area (Å²) < 4.78 is 0. The maximum absolute atomic E-state index is 9.05. The highest BCUT2D eigenvalue weighted by atomic mass is 28.2. The molecule has 23 heavy (non-hydrogen) atoms. The maximum atomic E-state index is 9.05. The molecule has 0 spiro atoms. The summed E-state index contributed by atoms with van der Waals surface area (Å²) in [7, 11) is 0.284. The van der Waals surface area contributed by atoms with Gasteiger partial charge >= 0.3 is 0 Å². The third kappa shape index (κ3) is 2.93. The van der Waals surface area contributed by atoms with Crippen molar-refractivity contribution in [2.45, 2.75) is 5.04 Å². The van der Waals surface area contributed by atoms with Gasteiger partial charge in [-0.05, 0) is 16.7 Å².